The van der Waals surface area contributed by atoms with Gasteiger partial charge in [-0.05, 0) is 87.4 Å². The molecule has 6 aliphatic rings. The topological polar surface area (TPSA) is 90.5 Å². The highest BCUT2D eigenvalue weighted by molar-refractivity contribution is 5.85. The third-order valence-electron chi connectivity index (χ3n) is 9.26. The molecule has 6 rings (SSSR count). The number of piperidine rings is 1. The number of carbonyl (C=O) groups is 3. The highest BCUT2D eigenvalue weighted by Gasteiger charge is 2.51. The van der Waals surface area contributed by atoms with Crippen molar-refractivity contribution in [1.29, 1.82) is 0 Å². The Hall–Kier alpha value is -1.79. The smallest absolute Gasteiger partial charge is 0.315 e. The van der Waals surface area contributed by atoms with Crippen molar-refractivity contribution in [2.75, 3.05) is 19.6 Å². The van der Waals surface area contributed by atoms with Gasteiger partial charge in [-0.2, -0.15) is 0 Å². The van der Waals surface area contributed by atoms with E-state index in [1.165, 1.54) is 57.8 Å². The van der Waals surface area contributed by atoms with Crippen molar-refractivity contribution in [2.24, 2.45) is 23.2 Å². The standard InChI is InChI=1S/C26H42N4O3/c31-23(16-26-13-18-10-19(14-26)12-20(11-18)15-26)27-17-24(32)30-8-6-22(7-9-30)29-25(33)28-21-4-2-1-3-5-21/h18-22H,1-17H2,(H,27,31)(H2,28,29,33). The monoisotopic (exact) mass is 458 g/mol. The minimum atomic E-state index is -0.0661. The molecule has 4 amide bonds. The van der Waals surface area contributed by atoms with E-state index >= 15 is 0 Å². The Bertz CT molecular complexity index is 705. The fourth-order valence-corrected chi connectivity index (χ4v) is 8.13. The number of hydrogen-bond donors (Lipinski definition) is 3. The van der Waals surface area contributed by atoms with E-state index < -0.39 is 0 Å². The van der Waals surface area contributed by atoms with Gasteiger partial charge in [0.2, 0.25) is 11.8 Å². The van der Waals surface area contributed by atoms with Crippen LogP contribution in [0.15, 0.2) is 0 Å². The van der Waals surface area contributed by atoms with Crippen LogP contribution in [-0.4, -0.2) is 54.5 Å². The molecule has 1 heterocycles. The summed E-state index contributed by atoms with van der Waals surface area (Å²) in [7, 11) is 0. The molecular weight excluding hydrogens is 416 g/mol. The normalized spacial score (nSPS) is 34.2. The number of rotatable bonds is 6. The Morgan fingerprint density at radius 1 is 0.758 bits per heavy atom. The molecule has 0 spiro atoms. The average Bonchev–Trinajstić information content (AvgIpc) is 2.77. The lowest BCUT2D eigenvalue weighted by atomic mass is 9.49. The first-order chi connectivity index (χ1) is 16.0. The Balaban J connectivity index is 0.996. The van der Waals surface area contributed by atoms with E-state index in [2.05, 4.69) is 16.0 Å². The van der Waals surface area contributed by atoms with Gasteiger partial charge in [0.05, 0.1) is 6.54 Å². The van der Waals surface area contributed by atoms with Gasteiger partial charge in [0.1, 0.15) is 0 Å². The minimum Gasteiger partial charge on any atom is -0.347 e. The van der Waals surface area contributed by atoms with E-state index in [4.69, 9.17) is 0 Å². The maximum atomic E-state index is 12.7. The first-order valence-electron chi connectivity index (χ1n) is 13.6. The van der Waals surface area contributed by atoms with Gasteiger partial charge in [0.15, 0.2) is 0 Å². The first-order valence-corrected chi connectivity index (χ1v) is 13.6. The molecule has 7 heteroatoms. The minimum absolute atomic E-state index is 0.000954. The second kappa shape index (κ2) is 9.83. The lowest BCUT2D eigenvalue weighted by Gasteiger charge is -2.56. The van der Waals surface area contributed by atoms with Crippen molar-refractivity contribution in [3.8, 4) is 0 Å². The van der Waals surface area contributed by atoms with E-state index in [1.807, 2.05) is 4.90 Å². The van der Waals surface area contributed by atoms with Crippen molar-refractivity contribution < 1.29 is 14.4 Å². The van der Waals surface area contributed by atoms with Gasteiger partial charge in [0, 0.05) is 31.6 Å². The number of urea groups is 1. The lowest BCUT2D eigenvalue weighted by molar-refractivity contribution is -0.136. The second-order valence-corrected chi connectivity index (χ2v) is 12.0. The fourth-order valence-electron chi connectivity index (χ4n) is 8.13. The van der Waals surface area contributed by atoms with E-state index in [1.54, 1.807) is 0 Å². The molecule has 0 aromatic heterocycles. The molecular formula is C26H42N4O3. The zero-order valence-corrected chi connectivity index (χ0v) is 20.1. The fraction of sp³-hybridized carbons (Fsp3) is 0.885. The summed E-state index contributed by atoms with van der Waals surface area (Å²) in [5.41, 5.74) is 0.212. The summed E-state index contributed by atoms with van der Waals surface area (Å²) in [6.45, 7) is 1.38. The zero-order valence-electron chi connectivity index (χ0n) is 20.1. The van der Waals surface area contributed by atoms with Gasteiger partial charge in [-0.3, -0.25) is 9.59 Å². The van der Waals surface area contributed by atoms with Crippen LogP contribution in [0.2, 0.25) is 0 Å². The average molecular weight is 459 g/mol. The van der Waals surface area contributed by atoms with Gasteiger partial charge in [-0.25, -0.2) is 4.79 Å². The van der Waals surface area contributed by atoms with Crippen molar-refractivity contribution in [1.82, 2.24) is 20.9 Å². The van der Waals surface area contributed by atoms with Crippen LogP contribution in [0.25, 0.3) is 0 Å². The summed E-state index contributed by atoms with van der Waals surface area (Å²) in [5.74, 6) is 2.57. The number of nitrogens with zero attached hydrogens (tertiary/aromatic N) is 1. The molecule has 0 radical (unpaired) electrons. The predicted octanol–water partition coefficient (Wildman–Crippen LogP) is 3.33. The summed E-state index contributed by atoms with van der Waals surface area (Å²) in [6.07, 6.45) is 15.8. The van der Waals surface area contributed by atoms with Crippen molar-refractivity contribution in [2.45, 2.75) is 102 Å². The molecule has 4 bridgehead atoms. The van der Waals surface area contributed by atoms with Gasteiger partial charge < -0.3 is 20.9 Å². The Morgan fingerprint density at radius 3 is 1.88 bits per heavy atom. The second-order valence-electron chi connectivity index (χ2n) is 12.0. The first kappa shape index (κ1) is 23.0. The summed E-state index contributed by atoms with van der Waals surface area (Å²) < 4.78 is 0. The number of likely N-dealkylation sites (tertiary alicyclic amines) is 1. The zero-order chi connectivity index (χ0) is 22.8. The third-order valence-corrected chi connectivity index (χ3v) is 9.26. The van der Waals surface area contributed by atoms with Crippen LogP contribution >= 0.6 is 0 Å². The number of carbonyl (C=O) groups excluding carboxylic acids is 3. The molecule has 0 unspecified atom stereocenters. The predicted molar refractivity (Wildman–Crippen MR) is 126 cm³/mol. The summed E-state index contributed by atoms with van der Waals surface area (Å²) in [4.78, 5) is 39.5. The van der Waals surface area contributed by atoms with Crippen molar-refractivity contribution >= 4 is 17.8 Å². The van der Waals surface area contributed by atoms with Crippen molar-refractivity contribution in [3.63, 3.8) is 0 Å². The molecule has 7 nitrogen and oxygen atoms in total. The molecule has 1 aliphatic heterocycles. The molecule has 184 valence electrons. The maximum absolute atomic E-state index is 12.7. The summed E-state index contributed by atoms with van der Waals surface area (Å²) in [5, 5.41) is 9.13. The van der Waals surface area contributed by atoms with Crippen LogP contribution in [0.4, 0.5) is 4.79 Å². The Kier molecular flexibility index (Phi) is 6.84. The van der Waals surface area contributed by atoms with Gasteiger partial charge in [0.25, 0.3) is 0 Å². The largest absolute Gasteiger partial charge is 0.347 e. The molecule has 5 aliphatic carbocycles. The summed E-state index contributed by atoms with van der Waals surface area (Å²) in [6, 6.07) is 0.356. The Labute approximate surface area is 198 Å². The van der Waals surface area contributed by atoms with Crippen LogP contribution in [0.5, 0.6) is 0 Å². The molecule has 5 saturated carbocycles. The van der Waals surface area contributed by atoms with Gasteiger partial charge in [-0.15, -0.1) is 0 Å². The van der Waals surface area contributed by atoms with E-state index in [0.29, 0.717) is 25.6 Å². The van der Waals surface area contributed by atoms with Crippen LogP contribution in [0.3, 0.4) is 0 Å². The summed E-state index contributed by atoms with van der Waals surface area (Å²) >= 11 is 0. The Morgan fingerprint density at radius 2 is 1.30 bits per heavy atom. The van der Waals surface area contributed by atoms with Crippen LogP contribution in [0, 0.1) is 23.2 Å². The van der Waals surface area contributed by atoms with Crippen LogP contribution in [0.1, 0.15) is 89.9 Å². The van der Waals surface area contributed by atoms with Gasteiger partial charge >= 0.3 is 6.03 Å². The highest BCUT2D eigenvalue weighted by Crippen LogP contribution is 2.61. The van der Waals surface area contributed by atoms with Crippen LogP contribution < -0.4 is 16.0 Å². The van der Waals surface area contributed by atoms with E-state index in [0.717, 1.165) is 43.4 Å². The lowest BCUT2D eigenvalue weighted by Crippen LogP contribution is -2.52. The molecule has 0 atom stereocenters. The number of hydrogen-bond acceptors (Lipinski definition) is 3. The van der Waals surface area contributed by atoms with E-state index in [9.17, 15) is 14.4 Å². The molecule has 0 aromatic rings. The number of nitrogens with one attached hydrogen (secondary N) is 3. The third kappa shape index (κ3) is 5.65. The SMILES string of the molecule is O=C(CC12CC3CC(CC(C3)C1)C2)NCC(=O)N1CCC(NC(=O)NC2CCCCC2)CC1. The molecule has 33 heavy (non-hydrogen) atoms. The van der Waals surface area contributed by atoms with Crippen molar-refractivity contribution in [3.05, 3.63) is 0 Å². The number of amides is 4. The quantitative estimate of drug-likeness (QED) is 0.570. The molecule has 3 N–H and O–H groups in total. The molecule has 6 fully saturated rings. The maximum Gasteiger partial charge on any atom is 0.315 e. The molecule has 1 saturated heterocycles. The van der Waals surface area contributed by atoms with Gasteiger partial charge in [-0.1, -0.05) is 19.3 Å². The highest BCUT2D eigenvalue weighted by atomic mass is 16.2. The molecule has 0 aromatic carbocycles. The van der Waals surface area contributed by atoms with E-state index in [-0.39, 0.29) is 35.8 Å². The van der Waals surface area contributed by atoms with Crippen LogP contribution in [-0.2, 0) is 9.59 Å².